The molecule has 21 heavy (non-hydrogen) atoms. The lowest BCUT2D eigenvalue weighted by Gasteiger charge is -2.26. The fourth-order valence-electron chi connectivity index (χ4n) is 1.40. The van der Waals surface area contributed by atoms with Gasteiger partial charge in [0.25, 0.3) is 0 Å². The molecule has 0 aliphatic heterocycles. The van der Waals surface area contributed by atoms with E-state index in [-0.39, 0.29) is 6.61 Å². The van der Waals surface area contributed by atoms with Crippen LogP contribution >= 0.6 is 73.2 Å². The van der Waals surface area contributed by atoms with Crippen LogP contribution in [0.3, 0.4) is 0 Å². The fraction of sp³-hybridized carbons (Fsp3) is 0.500. The lowest BCUT2D eigenvalue weighted by atomic mass is 10.4. The number of halogens is 5. The van der Waals surface area contributed by atoms with Gasteiger partial charge in [-0.05, 0) is 62.2 Å². The smallest absolute Gasteiger partial charge is 0.221 e. The zero-order chi connectivity index (χ0) is 16.1. The summed E-state index contributed by atoms with van der Waals surface area (Å²) in [6, 6.07) is 5.64. The van der Waals surface area contributed by atoms with Crippen LogP contribution in [0, 0.1) is 0 Å². The van der Waals surface area contributed by atoms with E-state index in [2.05, 4.69) is 38.8 Å². The van der Waals surface area contributed by atoms with Crippen LogP contribution in [0.1, 0.15) is 19.8 Å². The van der Waals surface area contributed by atoms with Crippen LogP contribution in [0.5, 0.6) is 0 Å². The third-order valence-corrected chi connectivity index (χ3v) is 7.83. The maximum Gasteiger partial charge on any atom is 0.221 e. The molecule has 0 saturated carbocycles. The molecule has 0 aliphatic carbocycles. The molecule has 1 aromatic rings. The van der Waals surface area contributed by atoms with Crippen molar-refractivity contribution in [2.45, 2.75) is 23.6 Å². The van der Waals surface area contributed by atoms with Crippen molar-refractivity contribution in [3.63, 3.8) is 0 Å². The minimum atomic E-state index is -2.79. The van der Waals surface area contributed by atoms with E-state index in [9.17, 15) is 0 Å². The summed E-state index contributed by atoms with van der Waals surface area (Å²) in [5.41, 5.74) is 0. The van der Waals surface area contributed by atoms with E-state index in [1.165, 1.54) is 0 Å². The molecule has 0 N–H and O–H groups in total. The highest BCUT2D eigenvalue weighted by molar-refractivity contribution is 9.11. The van der Waals surface area contributed by atoms with E-state index in [0.717, 1.165) is 27.1 Å². The van der Waals surface area contributed by atoms with Gasteiger partial charge in [0.05, 0.1) is 11.9 Å². The minimum absolute atomic E-state index is 0.130. The minimum Gasteiger partial charge on any atom is -0.326 e. The van der Waals surface area contributed by atoms with Crippen molar-refractivity contribution in [1.29, 1.82) is 0 Å². The van der Waals surface area contributed by atoms with Crippen LogP contribution in [-0.4, -0.2) is 17.0 Å². The topological polar surface area (TPSA) is 18.5 Å². The Kier molecular flexibility index (Phi) is 9.05. The van der Waals surface area contributed by atoms with Gasteiger partial charge in [0.2, 0.25) is 10.3 Å². The molecule has 1 unspecified atom stereocenters. The third kappa shape index (κ3) is 6.94. The molecular formula is C12H14Br2Cl3O2PS. The molecule has 0 fully saturated rings. The Balaban J connectivity index is 3.09. The van der Waals surface area contributed by atoms with Gasteiger partial charge in [-0.3, -0.25) is 0 Å². The first kappa shape index (κ1) is 20.7. The molecule has 0 amide bonds. The highest BCUT2D eigenvalue weighted by atomic mass is 79.9. The van der Waals surface area contributed by atoms with Gasteiger partial charge >= 0.3 is 0 Å². The van der Waals surface area contributed by atoms with E-state index < -0.39 is 10.3 Å². The first-order valence-corrected chi connectivity index (χ1v) is 11.5. The molecule has 0 saturated heterocycles. The summed E-state index contributed by atoms with van der Waals surface area (Å²) in [6.07, 6.45) is 1.88. The number of benzene rings is 1. The molecule has 120 valence electrons. The van der Waals surface area contributed by atoms with E-state index in [1.807, 2.05) is 18.2 Å². The van der Waals surface area contributed by atoms with Gasteiger partial charge in [0.15, 0.2) is 0 Å². The molecule has 0 heterocycles. The first-order valence-electron chi connectivity index (χ1n) is 6.10. The van der Waals surface area contributed by atoms with Crippen LogP contribution in [0.25, 0.3) is 0 Å². The van der Waals surface area contributed by atoms with Crippen LogP contribution in [-0.2, 0) is 20.9 Å². The van der Waals surface area contributed by atoms with Gasteiger partial charge < -0.3 is 9.05 Å². The molecule has 2 nitrogen and oxygen atoms in total. The highest BCUT2D eigenvalue weighted by Gasteiger charge is 2.31. The van der Waals surface area contributed by atoms with Crippen LogP contribution in [0.15, 0.2) is 27.1 Å². The predicted molar refractivity (Wildman–Crippen MR) is 103 cm³/mol. The molecular weight excluding hydrogens is 505 g/mol. The largest absolute Gasteiger partial charge is 0.326 e. The third-order valence-electron chi connectivity index (χ3n) is 2.37. The van der Waals surface area contributed by atoms with Gasteiger partial charge in [0.1, 0.15) is 6.61 Å². The van der Waals surface area contributed by atoms with Gasteiger partial charge in [-0.2, -0.15) is 0 Å². The van der Waals surface area contributed by atoms with E-state index in [1.54, 1.807) is 0 Å². The summed E-state index contributed by atoms with van der Waals surface area (Å²) in [4.78, 5) is 0. The lowest BCUT2D eigenvalue weighted by molar-refractivity contribution is 0.254. The molecule has 1 atom stereocenters. The van der Waals surface area contributed by atoms with E-state index in [4.69, 9.17) is 55.7 Å². The second-order valence-electron chi connectivity index (χ2n) is 4.14. The normalized spacial score (nSPS) is 15.0. The predicted octanol–water partition coefficient (Wildman–Crippen LogP) is 6.35. The van der Waals surface area contributed by atoms with Crippen molar-refractivity contribution in [3.05, 3.63) is 27.1 Å². The molecule has 0 aliphatic rings. The molecule has 1 rings (SSSR count). The standard InChI is InChI=1S/C12H14Br2Cl3O2PS/c1-2-3-7-18-20(21,19-8-12(15,16)17)11-9(13)5-4-6-10(11)14/h4-6H,2-3,7-8H2,1H3. The average molecular weight is 519 g/mol. The highest BCUT2D eigenvalue weighted by Crippen LogP contribution is 2.52. The maximum atomic E-state index is 5.88. The number of alkyl halides is 3. The molecule has 0 spiro atoms. The van der Waals surface area contributed by atoms with Crippen molar-refractivity contribution < 1.29 is 9.05 Å². The molecule has 0 bridgehead atoms. The fourth-order valence-corrected chi connectivity index (χ4v) is 7.61. The van der Waals surface area contributed by atoms with Crippen molar-refractivity contribution in [3.8, 4) is 0 Å². The summed E-state index contributed by atoms with van der Waals surface area (Å²) in [5, 5.41) is 0.755. The maximum absolute atomic E-state index is 5.88. The Morgan fingerprint density at radius 2 is 1.76 bits per heavy atom. The summed E-state index contributed by atoms with van der Waals surface area (Å²) in [7, 11) is 0. The van der Waals surface area contributed by atoms with Gasteiger partial charge in [-0.1, -0.05) is 54.2 Å². The van der Waals surface area contributed by atoms with Crippen LogP contribution in [0.4, 0.5) is 0 Å². The Bertz CT molecular complexity index is 505. The summed E-state index contributed by atoms with van der Waals surface area (Å²) in [5.74, 6) is 0. The zero-order valence-corrected chi connectivity index (χ0v) is 18.3. The van der Waals surface area contributed by atoms with Crippen molar-refractivity contribution in [2.24, 2.45) is 0 Å². The quantitative estimate of drug-likeness (QED) is 0.238. The Morgan fingerprint density at radius 3 is 2.24 bits per heavy atom. The molecule has 9 heteroatoms. The van der Waals surface area contributed by atoms with Crippen molar-refractivity contribution >= 4 is 90.3 Å². The van der Waals surface area contributed by atoms with Gasteiger partial charge in [-0.25, -0.2) is 0 Å². The van der Waals surface area contributed by atoms with Crippen molar-refractivity contribution in [1.82, 2.24) is 0 Å². The van der Waals surface area contributed by atoms with E-state index >= 15 is 0 Å². The van der Waals surface area contributed by atoms with Crippen LogP contribution in [0.2, 0.25) is 0 Å². The summed E-state index contributed by atoms with van der Waals surface area (Å²) < 4.78 is 11.7. The van der Waals surface area contributed by atoms with Gasteiger partial charge in [-0.15, -0.1) is 0 Å². The number of rotatable bonds is 7. The average Bonchev–Trinajstić information content (AvgIpc) is 2.36. The molecule has 0 aromatic heterocycles. The summed E-state index contributed by atoms with van der Waals surface area (Å²) >= 11 is 29.9. The zero-order valence-electron chi connectivity index (χ0n) is 11.1. The first-order chi connectivity index (χ1) is 9.69. The molecule has 1 aromatic carbocycles. The monoisotopic (exact) mass is 516 g/mol. The van der Waals surface area contributed by atoms with E-state index in [0.29, 0.717) is 6.61 Å². The number of hydrogen-bond donors (Lipinski definition) is 0. The Labute approximate surface area is 162 Å². The summed E-state index contributed by atoms with van der Waals surface area (Å²) in [6.45, 7) is -0.343. The SMILES string of the molecule is CCCCOP(=S)(OCC(Cl)(Cl)Cl)c1c(Br)cccc1Br. The second kappa shape index (κ2) is 9.19. The number of hydrogen-bond acceptors (Lipinski definition) is 3. The van der Waals surface area contributed by atoms with Crippen molar-refractivity contribution in [2.75, 3.05) is 13.2 Å². The Hall–Kier alpha value is 1.62. The molecule has 0 radical (unpaired) electrons. The van der Waals surface area contributed by atoms with Gasteiger partial charge in [0, 0.05) is 8.95 Å². The lowest BCUT2D eigenvalue weighted by Crippen LogP contribution is -2.19. The number of unbranched alkanes of at least 4 members (excludes halogenated alkanes) is 1. The second-order valence-corrected chi connectivity index (χ2v) is 11.8. The van der Waals surface area contributed by atoms with Crippen LogP contribution < -0.4 is 5.30 Å². The Morgan fingerprint density at radius 1 is 1.19 bits per heavy atom.